The van der Waals surface area contributed by atoms with Crippen molar-refractivity contribution < 1.29 is 0 Å². The summed E-state index contributed by atoms with van der Waals surface area (Å²) >= 11 is 0. The average Bonchev–Trinajstić information content (AvgIpc) is 2.41. The average molecular weight is 298 g/mol. The first kappa shape index (κ1) is 19.3. The summed E-state index contributed by atoms with van der Waals surface area (Å²) in [7, 11) is 0. The highest BCUT2D eigenvalue weighted by atomic mass is 35.5. The van der Waals surface area contributed by atoms with Crippen molar-refractivity contribution in [2.75, 3.05) is 5.73 Å². The van der Waals surface area contributed by atoms with Crippen LogP contribution in [0.1, 0.15) is 76.7 Å². The molecule has 0 heterocycles. The lowest BCUT2D eigenvalue weighted by Crippen LogP contribution is -1.89. The van der Waals surface area contributed by atoms with Gasteiger partial charge in [-0.15, -0.1) is 12.4 Å². The molecule has 116 valence electrons. The van der Waals surface area contributed by atoms with Gasteiger partial charge in [0.15, 0.2) is 0 Å². The van der Waals surface area contributed by atoms with E-state index in [9.17, 15) is 0 Å². The fourth-order valence-corrected chi connectivity index (χ4v) is 2.57. The fraction of sp³-hybridized carbons (Fsp3) is 0.667. The molecule has 0 unspecified atom stereocenters. The lowest BCUT2D eigenvalue weighted by molar-refractivity contribution is 0.556. The minimum Gasteiger partial charge on any atom is -0.399 e. The molecule has 0 saturated carbocycles. The van der Waals surface area contributed by atoms with Crippen molar-refractivity contribution in [3.05, 3.63) is 29.8 Å². The molecule has 1 nitrogen and oxygen atoms in total. The number of halogens is 1. The number of anilines is 1. The van der Waals surface area contributed by atoms with Gasteiger partial charge in [-0.1, -0.05) is 76.8 Å². The van der Waals surface area contributed by atoms with Crippen LogP contribution in [0, 0.1) is 0 Å². The standard InChI is InChI=1S/C18H31N.ClH/c1-2-3-4-5-6-7-8-9-10-11-13-17-14-12-15-18(19)16-17;/h12,14-16H,2-11,13,19H2,1H3;1H. The van der Waals surface area contributed by atoms with E-state index in [1.54, 1.807) is 0 Å². The molecule has 0 aromatic heterocycles. The Hall–Kier alpha value is -0.690. The van der Waals surface area contributed by atoms with Crippen LogP contribution in [0.4, 0.5) is 5.69 Å². The third-order valence-electron chi connectivity index (χ3n) is 3.77. The van der Waals surface area contributed by atoms with E-state index in [-0.39, 0.29) is 12.4 Å². The van der Waals surface area contributed by atoms with Crippen LogP contribution in [0.3, 0.4) is 0 Å². The molecule has 0 radical (unpaired) electrons. The molecule has 0 bridgehead atoms. The van der Waals surface area contributed by atoms with Gasteiger partial charge in [-0.2, -0.15) is 0 Å². The van der Waals surface area contributed by atoms with Gasteiger partial charge in [-0.05, 0) is 30.5 Å². The molecule has 0 amide bonds. The SMILES string of the molecule is CCCCCCCCCCCCc1cccc(N)c1.Cl. The van der Waals surface area contributed by atoms with Crippen molar-refractivity contribution in [3.63, 3.8) is 0 Å². The summed E-state index contributed by atoms with van der Waals surface area (Å²) in [4.78, 5) is 0. The largest absolute Gasteiger partial charge is 0.399 e. The predicted octanol–water partition coefficient (Wildman–Crippen LogP) is 6.15. The van der Waals surface area contributed by atoms with Crippen LogP contribution >= 0.6 is 12.4 Å². The Balaban J connectivity index is 0.00000361. The predicted molar refractivity (Wildman–Crippen MR) is 93.7 cm³/mol. The number of aryl methyl sites for hydroxylation is 1. The van der Waals surface area contributed by atoms with Crippen LogP contribution in [-0.4, -0.2) is 0 Å². The molecule has 0 fully saturated rings. The number of benzene rings is 1. The lowest BCUT2D eigenvalue weighted by Gasteiger charge is -2.03. The molecule has 0 aliphatic carbocycles. The molecule has 1 aromatic rings. The summed E-state index contributed by atoms with van der Waals surface area (Å²) in [6.45, 7) is 2.28. The molecular weight excluding hydrogens is 266 g/mol. The first-order valence-electron chi connectivity index (χ1n) is 8.17. The number of nitrogen functional groups attached to an aromatic ring is 1. The maximum atomic E-state index is 5.78. The topological polar surface area (TPSA) is 26.0 Å². The Kier molecular flexibility index (Phi) is 12.8. The molecule has 2 N–H and O–H groups in total. The van der Waals surface area contributed by atoms with Crippen LogP contribution < -0.4 is 5.73 Å². The molecule has 0 spiro atoms. The van der Waals surface area contributed by atoms with Crippen LogP contribution in [0.25, 0.3) is 0 Å². The fourth-order valence-electron chi connectivity index (χ4n) is 2.57. The minimum absolute atomic E-state index is 0. The number of rotatable bonds is 11. The molecule has 0 aliphatic rings. The van der Waals surface area contributed by atoms with E-state index < -0.39 is 0 Å². The number of nitrogens with two attached hydrogens (primary N) is 1. The summed E-state index contributed by atoms with van der Waals surface area (Å²) in [6.07, 6.45) is 15.2. The number of unbranched alkanes of at least 4 members (excludes halogenated alkanes) is 9. The molecule has 20 heavy (non-hydrogen) atoms. The maximum absolute atomic E-state index is 5.78. The van der Waals surface area contributed by atoms with E-state index in [0.717, 1.165) is 5.69 Å². The van der Waals surface area contributed by atoms with Crippen molar-refractivity contribution >= 4 is 18.1 Å². The highest BCUT2D eigenvalue weighted by Crippen LogP contribution is 2.13. The number of hydrogen-bond donors (Lipinski definition) is 1. The van der Waals surface area contributed by atoms with Gasteiger partial charge in [0.1, 0.15) is 0 Å². The quantitative estimate of drug-likeness (QED) is 0.384. The van der Waals surface area contributed by atoms with Gasteiger partial charge >= 0.3 is 0 Å². The first-order chi connectivity index (χ1) is 9.33. The van der Waals surface area contributed by atoms with Crippen molar-refractivity contribution in [2.45, 2.75) is 77.6 Å². The second-order valence-corrected chi connectivity index (χ2v) is 5.68. The van der Waals surface area contributed by atoms with E-state index in [4.69, 9.17) is 5.73 Å². The smallest absolute Gasteiger partial charge is 0.0316 e. The van der Waals surface area contributed by atoms with Gasteiger partial charge in [-0.25, -0.2) is 0 Å². The number of hydrogen-bond acceptors (Lipinski definition) is 1. The van der Waals surface area contributed by atoms with Crippen LogP contribution in [0.2, 0.25) is 0 Å². The zero-order valence-corrected chi connectivity index (χ0v) is 13.9. The third kappa shape index (κ3) is 10.1. The highest BCUT2D eigenvalue weighted by Gasteiger charge is 1.95. The van der Waals surface area contributed by atoms with Crippen molar-refractivity contribution in [2.24, 2.45) is 0 Å². The molecule has 1 rings (SSSR count). The summed E-state index contributed by atoms with van der Waals surface area (Å²) in [5, 5.41) is 0. The Morgan fingerprint density at radius 3 is 1.90 bits per heavy atom. The van der Waals surface area contributed by atoms with E-state index in [1.807, 2.05) is 6.07 Å². The Morgan fingerprint density at radius 1 is 0.800 bits per heavy atom. The van der Waals surface area contributed by atoms with Gasteiger partial charge in [0.25, 0.3) is 0 Å². The zero-order valence-electron chi connectivity index (χ0n) is 13.1. The summed E-state index contributed by atoms with van der Waals surface area (Å²) in [6, 6.07) is 8.31. The third-order valence-corrected chi connectivity index (χ3v) is 3.77. The van der Waals surface area contributed by atoms with Gasteiger partial charge in [0, 0.05) is 5.69 Å². The minimum atomic E-state index is 0. The Labute approximate surface area is 131 Å². The van der Waals surface area contributed by atoms with Gasteiger partial charge in [0.2, 0.25) is 0 Å². The van der Waals surface area contributed by atoms with E-state index in [0.29, 0.717) is 0 Å². The summed E-state index contributed by atoms with van der Waals surface area (Å²) in [5.41, 5.74) is 8.06. The van der Waals surface area contributed by atoms with Crippen LogP contribution in [0.5, 0.6) is 0 Å². The molecule has 1 aromatic carbocycles. The maximum Gasteiger partial charge on any atom is 0.0316 e. The van der Waals surface area contributed by atoms with Gasteiger partial charge < -0.3 is 5.73 Å². The van der Waals surface area contributed by atoms with E-state index >= 15 is 0 Å². The highest BCUT2D eigenvalue weighted by molar-refractivity contribution is 5.85. The Morgan fingerprint density at radius 2 is 1.35 bits per heavy atom. The Bertz CT molecular complexity index is 325. The van der Waals surface area contributed by atoms with Gasteiger partial charge in [-0.3, -0.25) is 0 Å². The van der Waals surface area contributed by atoms with Crippen LogP contribution in [0.15, 0.2) is 24.3 Å². The van der Waals surface area contributed by atoms with E-state index in [1.165, 1.54) is 76.2 Å². The normalized spacial score (nSPS) is 10.2. The molecule has 0 atom stereocenters. The molecule has 0 saturated heterocycles. The monoisotopic (exact) mass is 297 g/mol. The second-order valence-electron chi connectivity index (χ2n) is 5.68. The molecule has 0 aliphatic heterocycles. The van der Waals surface area contributed by atoms with Crippen molar-refractivity contribution in [1.82, 2.24) is 0 Å². The van der Waals surface area contributed by atoms with E-state index in [2.05, 4.69) is 25.1 Å². The summed E-state index contributed by atoms with van der Waals surface area (Å²) < 4.78 is 0. The molecular formula is C18H32ClN. The second kappa shape index (κ2) is 13.3. The van der Waals surface area contributed by atoms with Crippen molar-refractivity contribution in [3.8, 4) is 0 Å². The van der Waals surface area contributed by atoms with Crippen LogP contribution in [-0.2, 0) is 6.42 Å². The first-order valence-corrected chi connectivity index (χ1v) is 8.17. The zero-order chi connectivity index (χ0) is 13.8. The lowest BCUT2D eigenvalue weighted by atomic mass is 10.0. The van der Waals surface area contributed by atoms with Crippen molar-refractivity contribution in [1.29, 1.82) is 0 Å². The van der Waals surface area contributed by atoms with Gasteiger partial charge in [0.05, 0.1) is 0 Å². The summed E-state index contributed by atoms with van der Waals surface area (Å²) in [5.74, 6) is 0. The molecule has 2 heteroatoms.